The molecule has 7 nitrogen and oxygen atoms in total. The minimum absolute atomic E-state index is 0.0762. The van der Waals surface area contributed by atoms with Crippen LogP contribution in [0.2, 0.25) is 0 Å². The summed E-state index contributed by atoms with van der Waals surface area (Å²) in [5.41, 5.74) is 3.44. The number of rotatable bonds is 6. The lowest BCUT2D eigenvalue weighted by Crippen LogP contribution is -2.50. The second kappa shape index (κ2) is 10.2. The number of carbonyl (C=O) groups is 3. The van der Waals surface area contributed by atoms with Gasteiger partial charge in [-0.05, 0) is 36.8 Å². The van der Waals surface area contributed by atoms with Crippen LogP contribution in [0, 0.1) is 6.92 Å². The smallest absolute Gasteiger partial charge is 0.253 e. The predicted molar refractivity (Wildman–Crippen MR) is 121 cm³/mol. The van der Waals surface area contributed by atoms with Crippen molar-refractivity contribution in [3.8, 4) is 0 Å². The van der Waals surface area contributed by atoms with Crippen LogP contribution in [0.15, 0.2) is 48.5 Å². The van der Waals surface area contributed by atoms with Gasteiger partial charge in [-0.1, -0.05) is 29.8 Å². The van der Waals surface area contributed by atoms with Crippen LogP contribution in [0.3, 0.4) is 0 Å². The first kappa shape index (κ1) is 22.5. The maximum atomic E-state index is 12.5. The van der Waals surface area contributed by atoms with Crippen molar-refractivity contribution >= 4 is 23.4 Å². The standard InChI is InChI=1S/C24H30N4O3/c1-18-4-6-19(7-5-18)16-23(30)28-14-12-27(13-15-28)17-22(29)25-21-10-8-20(9-11-21)24(31)26(2)3/h4-11H,12-17H2,1-3H3,(H,25,29). The van der Waals surface area contributed by atoms with Crippen molar-refractivity contribution in [3.63, 3.8) is 0 Å². The van der Waals surface area contributed by atoms with Crippen molar-refractivity contribution in [2.45, 2.75) is 13.3 Å². The van der Waals surface area contributed by atoms with Gasteiger partial charge in [-0.25, -0.2) is 0 Å². The average Bonchev–Trinajstić information content (AvgIpc) is 2.75. The number of nitrogens with zero attached hydrogens (tertiary/aromatic N) is 3. The van der Waals surface area contributed by atoms with Gasteiger partial charge in [-0.15, -0.1) is 0 Å². The molecular formula is C24H30N4O3. The zero-order chi connectivity index (χ0) is 22.4. The van der Waals surface area contributed by atoms with Gasteiger partial charge in [0.05, 0.1) is 13.0 Å². The monoisotopic (exact) mass is 422 g/mol. The van der Waals surface area contributed by atoms with Crippen LogP contribution in [-0.4, -0.2) is 79.2 Å². The number of amides is 3. The van der Waals surface area contributed by atoms with E-state index in [1.807, 2.05) is 36.1 Å². The fourth-order valence-electron chi connectivity index (χ4n) is 3.51. The Balaban J connectivity index is 1.43. The zero-order valence-corrected chi connectivity index (χ0v) is 18.4. The van der Waals surface area contributed by atoms with E-state index in [2.05, 4.69) is 10.2 Å². The van der Waals surface area contributed by atoms with Gasteiger partial charge < -0.3 is 15.1 Å². The summed E-state index contributed by atoms with van der Waals surface area (Å²) in [4.78, 5) is 42.3. The van der Waals surface area contributed by atoms with Crippen molar-refractivity contribution in [3.05, 3.63) is 65.2 Å². The molecule has 0 unspecified atom stereocenters. The predicted octanol–water partition coefficient (Wildman–Crippen LogP) is 2.02. The molecule has 7 heteroatoms. The number of hydrogen-bond acceptors (Lipinski definition) is 4. The number of carbonyl (C=O) groups excluding carboxylic acids is 3. The summed E-state index contributed by atoms with van der Waals surface area (Å²) in [7, 11) is 3.40. The Morgan fingerprint density at radius 3 is 2.10 bits per heavy atom. The van der Waals surface area contributed by atoms with Gasteiger partial charge in [0.2, 0.25) is 11.8 Å². The molecule has 0 radical (unpaired) electrons. The van der Waals surface area contributed by atoms with Gasteiger partial charge in [0.25, 0.3) is 5.91 Å². The topological polar surface area (TPSA) is 73.0 Å². The molecule has 1 saturated heterocycles. The van der Waals surface area contributed by atoms with Crippen LogP contribution >= 0.6 is 0 Å². The van der Waals surface area contributed by atoms with Crippen molar-refractivity contribution in [2.24, 2.45) is 0 Å². The van der Waals surface area contributed by atoms with E-state index >= 15 is 0 Å². The Bertz CT molecular complexity index is 915. The number of aryl methyl sites for hydroxylation is 1. The number of nitrogens with one attached hydrogen (secondary N) is 1. The Labute approximate surface area is 183 Å². The van der Waals surface area contributed by atoms with E-state index in [9.17, 15) is 14.4 Å². The molecule has 3 rings (SSSR count). The van der Waals surface area contributed by atoms with Gasteiger partial charge >= 0.3 is 0 Å². The Morgan fingerprint density at radius 2 is 1.52 bits per heavy atom. The van der Waals surface area contributed by atoms with Crippen LogP contribution in [0.5, 0.6) is 0 Å². The minimum atomic E-state index is -0.105. The Hall–Kier alpha value is -3.19. The maximum absolute atomic E-state index is 12.5. The van der Waals surface area contributed by atoms with E-state index in [0.29, 0.717) is 43.9 Å². The summed E-state index contributed by atoms with van der Waals surface area (Å²) in [5.74, 6) is -0.0564. The second-order valence-electron chi connectivity index (χ2n) is 8.14. The van der Waals surface area contributed by atoms with Crippen LogP contribution in [0.1, 0.15) is 21.5 Å². The second-order valence-corrected chi connectivity index (χ2v) is 8.14. The van der Waals surface area contributed by atoms with E-state index in [0.717, 1.165) is 5.56 Å². The lowest BCUT2D eigenvalue weighted by atomic mass is 10.1. The highest BCUT2D eigenvalue weighted by Gasteiger charge is 2.22. The summed E-state index contributed by atoms with van der Waals surface area (Å²) < 4.78 is 0. The van der Waals surface area contributed by atoms with Gasteiger partial charge in [0, 0.05) is 51.5 Å². The van der Waals surface area contributed by atoms with Gasteiger partial charge in [0.15, 0.2) is 0 Å². The minimum Gasteiger partial charge on any atom is -0.345 e. The van der Waals surface area contributed by atoms with Crippen LogP contribution in [-0.2, 0) is 16.0 Å². The molecule has 1 heterocycles. The van der Waals surface area contributed by atoms with E-state index < -0.39 is 0 Å². The van der Waals surface area contributed by atoms with E-state index in [1.54, 1.807) is 38.4 Å². The summed E-state index contributed by atoms with van der Waals surface area (Å²) in [6, 6.07) is 14.9. The Kier molecular flexibility index (Phi) is 7.41. The maximum Gasteiger partial charge on any atom is 0.253 e. The van der Waals surface area contributed by atoms with Crippen molar-refractivity contribution < 1.29 is 14.4 Å². The normalized spacial score (nSPS) is 14.2. The fraction of sp³-hybridized carbons (Fsp3) is 0.375. The third-order valence-corrected chi connectivity index (χ3v) is 5.39. The largest absolute Gasteiger partial charge is 0.345 e. The highest BCUT2D eigenvalue weighted by molar-refractivity contribution is 5.96. The van der Waals surface area contributed by atoms with E-state index in [4.69, 9.17) is 0 Å². The van der Waals surface area contributed by atoms with Gasteiger partial charge in [0.1, 0.15) is 0 Å². The van der Waals surface area contributed by atoms with Gasteiger partial charge in [-0.3, -0.25) is 19.3 Å². The quantitative estimate of drug-likeness (QED) is 0.773. The number of anilines is 1. The van der Waals surface area contributed by atoms with Gasteiger partial charge in [-0.2, -0.15) is 0 Å². The molecule has 164 valence electrons. The fourth-order valence-corrected chi connectivity index (χ4v) is 3.51. The number of hydrogen-bond donors (Lipinski definition) is 1. The summed E-state index contributed by atoms with van der Waals surface area (Å²) in [6.07, 6.45) is 0.410. The van der Waals surface area contributed by atoms with E-state index in [-0.39, 0.29) is 24.3 Å². The van der Waals surface area contributed by atoms with Crippen molar-refractivity contribution in [1.29, 1.82) is 0 Å². The summed E-state index contributed by atoms with van der Waals surface area (Å²) in [5, 5.41) is 2.87. The molecule has 31 heavy (non-hydrogen) atoms. The lowest BCUT2D eigenvalue weighted by molar-refractivity contribution is -0.132. The summed E-state index contributed by atoms with van der Waals surface area (Å²) >= 11 is 0. The molecule has 1 aliphatic rings. The molecule has 1 aliphatic heterocycles. The first-order chi connectivity index (χ1) is 14.8. The zero-order valence-electron chi connectivity index (χ0n) is 18.4. The molecule has 0 bridgehead atoms. The molecule has 0 aliphatic carbocycles. The third kappa shape index (κ3) is 6.39. The lowest BCUT2D eigenvalue weighted by Gasteiger charge is -2.34. The SMILES string of the molecule is Cc1ccc(CC(=O)N2CCN(CC(=O)Nc3ccc(C(=O)N(C)C)cc3)CC2)cc1. The molecule has 0 aromatic heterocycles. The number of piperazine rings is 1. The first-order valence-corrected chi connectivity index (χ1v) is 10.5. The summed E-state index contributed by atoms with van der Waals surface area (Å²) in [6.45, 7) is 4.89. The average molecular weight is 423 g/mol. The van der Waals surface area contributed by atoms with Crippen LogP contribution in [0.4, 0.5) is 5.69 Å². The molecule has 1 fully saturated rings. The number of benzene rings is 2. The first-order valence-electron chi connectivity index (χ1n) is 10.5. The highest BCUT2D eigenvalue weighted by Crippen LogP contribution is 2.12. The van der Waals surface area contributed by atoms with Crippen LogP contribution < -0.4 is 5.32 Å². The molecule has 2 aromatic carbocycles. The van der Waals surface area contributed by atoms with Crippen LogP contribution in [0.25, 0.3) is 0 Å². The molecular weight excluding hydrogens is 392 g/mol. The molecule has 3 amide bonds. The Morgan fingerprint density at radius 1 is 0.903 bits per heavy atom. The molecule has 0 atom stereocenters. The molecule has 0 saturated carbocycles. The molecule has 2 aromatic rings. The highest BCUT2D eigenvalue weighted by atomic mass is 16.2. The molecule has 0 spiro atoms. The molecule has 1 N–H and O–H groups in total. The third-order valence-electron chi connectivity index (χ3n) is 5.39. The van der Waals surface area contributed by atoms with E-state index in [1.165, 1.54) is 10.5 Å². The van der Waals surface area contributed by atoms with Crippen molar-refractivity contribution in [1.82, 2.24) is 14.7 Å². The van der Waals surface area contributed by atoms with Crippen molar-refractivity contribution in [2.75, 3.05) is 52.1 Å².